The van der Waals surface area contributed by atoms with Crippen LogP contribution in [0.5, 0.6) is 5.75 Å². The van der Waals surface area contributed by atoms with Gasteiger partial charge in [-0.1, -0.05) is 19.1 Å². The quantitative estimate of drug-likeness (QED) is 0.534. The van der Waals surface area contributed by atoms with Crippen molar-refractivity contribution in [1.29, 1.82) is 0 Å². The molecule has 2 bridgehead atoms. The molecule has 5 rings (SSSR count). The van der Waals surface area contributed by atoms with Gasteiger partial charge in [0.15, 0.2) is 0 Å². The van der Waals surface area contributed by atoms with E-state index in [1.54, 1.807) is 14.0 Å². The van der Waals surface area contributed by atoms with E-state index in [1.807, 2.05) is 0 Å². The summed E-state index contributed by atoms with van der Waals surface area (Å²) in [5.41, 5.74) is 4.15. The molecule has 1 aromatic rings. The molecule has 0 amide bonds. The SMILES string of the molecule is COc1ccc2c(c1)CC[C@@H]1[C@@H]2CC[C@]2(C)[C@]3(OC(C)=O)CC[C@]12C=C3C. The third kappa shape index (κ3) is 1.91. The zero-order valence-electron chi connectivity index (χ0n) is 16.9. The van der Waals surface area contributed by atoms with E-state index in [9.17, 15) is 4.79 Å². The minimum atomic E-state index is -0.371. The van der Waals surface area contributed by atoms with Crippen molar-refractivity contribution in [3.63, 3.8) is 0 Å². The first-order valence-corrected chi connectivity index (χ1v) is 10.4. The number of ether oxygens (including phenoxy) is 2. The predicted octanol–water partition coefficient (Wildman–Crippen LogP) is 5.18. The van der Waals surface area contributed by atoms with Gasteiger partial charge in [-0.25, -0.2) is 0 Å². The standard InChI is InChI=1S/C24H30O3/c1-15-14-23-11-12-24(15,27-16(2)25)22(23,3)10-9-20-19-7-6-18(26-4)13-17(19)5-8-21(20)23/h6-7,13-14,20-21H,5,8-12H2,1-4H3/t20-,21-,22+,23+,24+/m1/s1. The number of allylic oxidation sites excluding steroid dienone is 1. The van der Waals surface area contributed by atoms with Crippen molar-refractivity contribution >= 4 is 5.97 Å². The lowest BCUT2D eigenvalue weighted by Gasteiger charge is -2.56. The number of carbonyl (C=O) groups is 1. The van der Waals surface area contributed by atoms with Crippen molar-refractivity contribution in [3.8, 4) is 5.75 Å². The molecule has 0 N–H and O–H groups in total. The molecule has 0 unspecified atom stereocenters. The third-order valence-electron chi connectivity index (χ3n) is 8.82. The molecular weight excluding hydrogens is 336 g/mol. The highest BCUT2D eigenvalue weighted by Crippen LogP contribution is 2.77. The fourth-order valence-corrected chi connectivity index (χ4v) is 7.74. The van der Waals surface area contributed by atoms with Crippen molar-refractivity contribution in [2.24, 2.45) is 16.7 Å². The average Bonchev–Trinajstić information content (AvgIpc) is 3.00. The van der Waals surface area contributed by atoms with Gasteiger partial charge in [-0.05, 0) is 86.1 Å². The second kappa shape index (κ2) is 5.40. The highest BCUT2D eigenvalue weighted by molar-refractivity contribution is 5.68. The van der Waals surface area contributed by atoms with Crippen LogP contribution in [0.15, 0.2) is 29.8 Å². The monoisotopic (exact) mass is 366 g/mol. The van der Waals surface area contributed by atoms with Crippen LogP contribution in [0.2, 0.25) is 0 Å². The Morgan fingerprint density at radius 1 is 1.19 bits per heavy atom. The van der Waals surface area contributed by atoms with Gasteiger partial charge >= 0.3 is 5.97 Å². The Morgan fingerprint density at radius 3 is 2.70 bits per heavy atom. The molecule has 144 valence electrons. The number of aryl methyl sites for hydroxylation is 1. The van der Waals surface area contributed by atoms with Crippen LogP contribution in [0.1, 0.15) is 69.9 Å². The van der Waals surface area contributed by atoms with Crippen LogP contribution in [-0.4, -0.2) is 18.7 Å². The van der Waals surface area contributed by atoms with Crippen molar-refractivity contribution in [2.75, 3.05) is 7.11 Å². The van der Waals surface area contributed by atoms with Crippen LogP contribution in [0.4, 0.5) is 0 Å². The number of fused-ring (bicyclic) bond motifs is 3. The summed E-state index contributed by atoms with van der Waals surface area (Å²) in [6.45, 7) is 6.18. The average molecular weight is 367 g/mol. The number of hydrogen-bond acceptors (Lipinski definition) is 3. The Balaban J connectivity index is 1.59. The Morgan fingerprint density at radius 2 is 2.00 bits per heavy atom. The van der Waals surface area contributed by atoms with E-state index in [0.29, 0.717) is 11.8 Å². The predicted molar refractivity (Wildman–Crippen MR) is 105 cm³/mol. The summed E-state index contributed by atoms with van der Waals surface area (Å²) in [6, 6.07) is 6.68. The first-order chi connectivity index (χ1) is 12.9. The number of methoxy groups -OCH3 is 1. The molecule has 0 spiro atoms. The maximum absolute atomic E-state index is 12.0. The van der Waals surface area contributed by atoms with Crippen molar-refractivity contribution in [1.82, 2.24) is 0 Å². The number of rotatable bonds is 2. The summed E-state index contributed by atoms with van der Waals surface area (Å²) in [7, 11) is 1.75. The first kappa shape index (κ1) is 17.3. The van der Waals surface area contributed by atoms with Crippen molar-refractivity contribution < 1.29 is 14.3 Å². The lowest BCUT2D eigenvalue weighted by atomic mass is 9.48. The fourth-order valence-electron chi connectivity index (χ4n) is 7.74. The fraction of sp³-hybridized carbons (Fsp3) is 0.625. The molecule has 0 saturated heterocycles. The lowest BCUT2D eigenvalue weighted by Crippen LogP contribution is -2.54. The summed E-state index contributed by atoms with van der Waals surface area (Å²) >= 11 is 0. The van der Waals surface area contributed by atoms with Gasteiger partial charge in [-0.2, -0.15) is 0 Å². The molecule has 1 aromatic carbocycles. The molecule has 4 aliphatic rings. The highest BCUT2D eigenvalue weighted by atomic mass is 16.6. The smallest absolute Gasteiger partial charge is 0.303 e. The third-order valence-corrected chi connectivity index (χ3v) is 8.82. The van der Waals surface area contributed by atoms with Crippen LogP contribution in [-0.2, 0) is 16.0 Å². The summed E-state index contributed by atoms with van der Waals surface area (Å²) in [6.07, 6.45) is 9.34. The van der Waals surface area contributed by atoms with Gasteiger partial charge in [0.1, 0.15) is 11.4 Å². The molecule has 27 heavy (non-hydrogen) atoms. The molecule has 4 aliphatic carbocycles. The largest absolute Gasteiger partial charge is 0.497 e. The van der Waals surface area contributed by atoms with E-state index in [4.69, 9.17) is 9.47 Å². The van der Waals surface area contributed by atoms with E-state index in [0.717, 1.165) is 31.4 Å². The highest BCUT2D eigenvalue weighted by Gasteiger charge is 2.74. The summed E-state index contributed by atoms with van der Waals surface area (Å²) in [4.78, 5) is 12.0. The van der Waals surface area contributed by atoms with Crippen LogP contribution >= 0.6 is 0 Å². The van der Waals surface area contributed by atoms with Crippen LogP contribution < -0.4 is 4.74 Å². The maximum atomic E-state index is 12.0. The van der Waals surface area contributed by atoms with Crippen LogP contribution in [0.25, 0.3) is 0 Å². The summed E-state index contributed by atoms with van der Waals surface area (Å²) < 4.78 is 11.6. The first-order valence-electron chi connectivity index (χ1n) is 10.4. The number of benzene rings is 1. The Kier molecular flexibility index (Phi) is 3.46. The topological polar surface area (TPSA) is 35.5 Å². The van der Waals surface area contributed by atoms with Crippen LogP contribution in [0.3, 0.4) is 0 Å². The van der Waals surface area contributed by atoms with Gasteiger partial charge in [-0.15, -0.1) is 0 Å². The lowest BCUT2D eigenvalue weighted by molar-refractivity contribution is -0.170. The summed E-state index contributed by atoms with van der Waals surface area (Å²) in [5.74, 6) is 2.09. The van der Waals surface area contributed by atoms with Gasteiger partial charge in [0.05, 0.1) is 7.11 Å². The van der Waals surface area contributed by atoms with E-state index in [1.165, 1.54) is 29.5 Å². The summed E-state index contributed by atoms with van der Waals surface area (Å²) in [5, 5.41) is 0. The molecule has 0 heterocycles. The van der Waals surface area contributed by atoms with Gasteiger partial charge in [0.2, 0.25) is 0 Å². The zero-order chi connectivity index (χ0) is 19.0. The Bertz CT molecular complexity index is 855. The second-order valence-corrected chi connectivity index (χ2v) is 9.48. The number of esters is 1. The Labute approximate surface area is 162 Å². The van der Waals surface area contributed by atoms with Gasteiger partial charge in [0.25, 0.3) is 0 Å². The van der Waals surface area contributed by atoms with Crippen molar-refractivity contribution in [2.45, 2.75) is 70.8 Å². The zero-order valence-corrected chi connectivity index (χ0v) is 16.9. The number of carbonyl (C=O) groups excluding carboxylic acids is 1. The maximum Gasteiger partial charge on any atom is 0.303 e. The van der Waals surface area contributed by atoms with Gasteiger partial charge in [-0.3, -0.25) is 4.79 Å². The molecular formula is C24H30O3. The van der Waals surface area contributed by atoms with Crippen molar-refractivity contribution in [3.05, 3.63) is 41.0 Å². The Hall–Kier alpha value is -1.77. The van der Waals surface area contributed by atoms with E-state index in [2.05, 4.69) is 38.1 Å². The molecule has 5 atom stereocenters. The van der Waals surface area contributed by atoms with E-state index < -0.39 is 0 Å². The molecule has 3 nitrogen and oxygen atoms in total. The van der Waals surface area contributed by atoms with Gasteiger partial charge in [0, 0.05) is 17.8 Å². The minimum Gasteiger partial charge on any atom is -0.497 e. The molecule has 0 aromatic heterocycles. The minimum absolute atomic E-state index is 0.0426. The second-order valence-electron chi connectivity index (χ2n) is 9.48. The van der Waals surface area contributed by atoms with E-state index >= 15 is 0 Å². The van der Waals surface area contributed by atoms with Gasteiger partial charge < -0.3 is 9.47 Å². The molecule has 0 aliphatic heterocycles. The molecule has 3 heteroatoms. The molecule has 2 saturated carbocycles. The molecule has 2 fully saturated rings. The normalized spacial score (nSPS) is 41.3. The van der Waals surface area contributed by atoms with Crippen LogP contribution in [0, 0.1) is 16.7 Å². The number of hydrogen-bond donors (Lipinski definition) is 0. The van der Waals surface area contributed by atoms with E-state index in [-0.39, 0.29) is 22.4 Å². The molecule has 0 radical (unpaired) electrons.